The van der Waals surface area contributed by atoms with Crippen LogP contribution in [-0.2, 0) is 19.6 Å². The van der Waals surface area contributed by atoms with E-state index in [4.69, 9.17) is 4.74 Å². The van der Waals surface area contributed by atoms with Crippen molar-refractivity contribution in [3.05, 3.63) is 36.4 Å². The first-order chi connectivity index (χ1) is 11.8. The third-order valence-electron chi connectivity index (χ3n) is 4.60. The van der Waals surface area contributed by atoms with Gasteiger partial charge in [-0.25, -0.2) is 17.9 Å². The molecule has 1 fully saturated rings. The van der Waals surface area contributed by atoms with Gasteiger partial charge in [-0.1, -0.05) is 13.0 Å². The van der Waals surface area contributed by atoms with Crippen LogP contribution in [0.25, 0.3) is 0 Å². The minimum absolute atomic E-state index is 0.0227. The molecule has 136 valence electrons. The second-order valence-corrected chi connectivity index (χ2v) is 7.50. The number of rotatable bonds is 7. The van der Waals surface area contributed by atoms with E-state index in [9.17, 15) is 18.0 Å². The fourth-order valence-electron chi connectivity index (χ4n) is 2.88. The highest BCUT2D eigenvalue weighted by Crippen LogP contribution is 2.56. The second kappa shape index (κ2) is 6.87. The number of methoxy groups -OCH3 is 2. The van der Waals surface area contributed by atoms with E-state index < -0.39 is 27.3 Å². The average Bonchev–Trinajstić information content (AvgIpc) is 3.35. The van der Waals surface area contributed by atoms with Crippen LogP contribution in [0.4, 0.5) is 0 Å². The molecule has 2 atom stereocenters. The summed E-state index contributed by atoms with van der Waals surface area (Å²) < 4.78 is 37.1. The Morgan fingerprint density at radius 2 is 2.08 bits per heavy atom. The van der Waals surface area contributed by atoms with Crippen molar-refractivity contribution in [1.29, 1.82) is 0 Å². The van der Waals surface area contributed by atoms with Crippen molar-refractivity contribution in [3.63, 3.8) is 0 Å². The number of sulfonamides is 1. The first-order valence-corrected chi connectivity index (χ1v) is 9.20. The molecular formula is C17H21NO6S. The number of ether oxygens (including phenoxy) is 2. The Bertz CT molecular complexity index is 816. The minimum Gasteiger partial charge on any atom is -0.495 e. The molecule has 1 amide bonds. The van der Waals surface area contributed by atoms with Gasteiger partial charge in [-0.2, -0.15) is 0 Å². The summed E-state index contributed by atoms with van der Waals surface area (Å²) >= 11 is 0. The number of carbonyl (C=O) groups excluding carboxylic acids is 2. The van der Waals surface area contributed by atoms with Crippen molar-refractivity contribution in [1.82, 2.24) is 4.72 Å². The van der Waals surface area contributed by atoms with Gasteiger partial charge in [0.15, 0.2) is 0 Å². The summed E-state index contributed by atoms with van der Waals surface area (Å²) in [5.74, 6) is -1.29. The summed E-state index contributed by atoms with van der Waals surface area (Å²) in [6.07, 6.45) is 2.73. The molecular weight excluding hydrogens is 346 g/mol. The number of nitrogens with one attached hydrogen (secondary N) is 1. The Kier molecular flexibility index (Phi) is 5.22. The molecule has 0 radical (unpaired) electrons. The molecule has 0 spiro atoms. The van der Waals surface area contributed by atoms with E-state index >= 15 is 0 Å². The van der Waals surface area contributed by atoms with E-state index in [2.05, 4.69) is 16.0 Å². The van der Waals surface area contributed by atoms with Gasteiger partial charge in [0.05, 0.1) is 25.2 Å². The largest absolute Gasteiger partial charge is 0.495 e. The summed E-state index contributed by atoms with van der Waals surface area (Å²) in [7, 11) is -1.73. The van der Waals surface area contributed by atoms with Crippen LogP contribution in [0.3, 0.4) is 0 Å². The van der Waals surface area contributed by atoms with Gasteiger partial charge < -0.3 is 9.47 Å². The van der Waals surface area contributed by atoms with E-state index in [-0.39, 0.29) is 22.1 Å². The number of benzene rings is 1. The Morgan fingerprint density at radius 3 is 2.56 bits per heavy atom. The lowest BCUT2D eigenvalue weighted by Gasteiger charge is -2.16. The zero-order chi connectivity index (χ0) is 18.8. The van der Waals surface area contributed by atoms with Gasteiger partial charge in [0.1, 0.15) is 10.6 Å². The maximum atomic E-state index is 12.7. The van der Waals surface area contributed by atoms with Crippen molar-refractivity contribution < 1.29 is 27.5 Å². The predicted octanol–water partition coefficient (Wildman–Crippen LogP) is 1.89. The molecule has 1 saturated carbocycles. The number of hydrogen-bond donors (Lipinski definition) is 1. The lowest BCUT2D eigenvalue weighted by atomic mass is 10.00. The van der Waals surface area contributed by atoms with Crippen molar-refractivity contribution in [2.45, 2.75) is 24.7 Å². The van der Waals surface area contributed by atoms with Crippen LogP contribution >= 0.6 is 0 Å². The summed E-state index contributed by atoms with van der Waals surface area (Å²) in [5.41, 5.74) is -0.709. The molecule has 0 bridgehead atoms. The van der Waals surface area contributed by atoms with Crippen LogP contribution < -0.4 is 9.46 Å². The molecule has 1 aromatic carbocycles. The highest BCUT2D eigenvalue weighted by atomic mass is 32.2. The van der Waals surface area contributed by atoms with Crippen LogP contribution in [-0.4, -0.2) is 34.5 Å². The summed E-state index contributed by atoms with van der Waals surface area (Å²) in [6.45, 7) is 5.50. The van der Waals surface area contributed by atoms with Crippen LogP contribution in [0.5, 0.6) is 5.75 Å². The maximum absolute atomic E-state index is 12.7. The Morgan fingerprint density at radius 1 is 1.40 bits per heavy atom. The van der Waals surface area contributed by atoms with E-state index in [1.807, 2.05) is 6.92 Å². The van der Waals surface area contributed by atoms with Crippen LogP contribution in [0.2, 0.25) is 0 Å². The normalized spacial score (nSPS) is 22.0. The predicted molar refractivity (Wildman–Crippen MR) is 90.7 cm³/mol. The number of carbonyl (C=O) groups is 2. The van der Waals surface area contributed by atoms with E-state index in [1.54, 1.807) is 6.08 Å². The number of hydrogen-bond acceptors (Lipinski definition) is 6. The van der Waals surface area contributed by atoms with E-state index in [1.165, 1.54) is 26.4 Å². The maximum Gasteiger partial charge on any atom is 0.337 e. The molecule has 2 rings (SSSR count). The highest BCUT2D eigenvalue weighted by Gasteiger charge is 2.57. The molecule has 1 aliphatic rings. The molecule has 25 heavy (non-hydrogen) atoms. The van der Waals surface area contributed by atoms with Crippen molar-refractivity contribution in [2.24, 2.45) is 11.3 Å². The van der Waals surface area contributed by atoms with E-state index in [0.29, 0.717) is 12.8 Å². The van der Waals surface area contributed by atoms with E-state index in [0.717, 1.165) is 6.07 Å². The quantitative estimate of drug-likeness (QED) is 0.584. The third-order valence-corrected chi connectivity index (χ3v) is 5.95. The number of allylic oxidation sites excluding steroid dienone is 1. The smallest absolute Gasteiger partial charge is 0.337 e. The topological polar surface area (TPSA) is 98.8 Å². The molecule has 7 nitrogen and oxygen atoms in total. The Labute approximate surface area is 147 Å². The van der Waals surface area contributed by atoms with Gasteiger partial charge in [-0.15, -0.1) is 6.58 Å². The first kappa shape index (κ1) is 19.0. The lowest BCUT2D eigenvalue weighted by Crippen LogP contribution is -2.37. The SMILES string of the molecule is C=C[C@@H]1C[C@]1(CC)C(=O)NS(=O)(=O)c1cc(C(=O)OC)ccc1OC. The third kappa shape index (κ3) is 3.39. The standard InChI is InChI=1S/C17H21NO6S/c1-5-12-10-17(12,6-2)16(20)18-25(21,22)14-9-11(15(19)24-4)7-8-13(14)23-3/h5,7-9,12H,1,6,10H2,2-4H3,(H,18,20)/t12-,17+/m1/s1. The van der Waals surface area contributed by atoms with Crippen LogP contribution in [0.1, 0.15) is 30.1 Å². The summed E-state index contributed by atoms with van der Waals surface area (Å²) in [6, 6.07) is 3.84. The number of esters is 1. The van der Waals surface area contributed by atoms with Gasteiger partial charge in [0.25, 0.3) is 10.0 Å². The van der Waals surface area contributed by atoms with Crippen LogP contribution in [0.15, 0.2) is 35.7 Å². The van der Waals surface area contributed by atoms with Crippen molar-refractivity contribution in [2.75, 3.05) is 14.2 Å². The molecule has 0 aliphatic heterocycles. The average molecular weight is 367 g/mol. The van der Waals surface area contributed by atoms with Gasteiger partial charge >= 0.3 is 5.97 Å². The first-order valence-electron chi connectivity index (χ1n) is 7.72. The van der Waals surface area contributed by atoms with Crippen molar-refractivity contribution >= 4 is 21.9 Å². The Hall–Kier alpha value is -2.35. The molecule has 1 aliphatic carbocycles. The monoisotopic (exact) mass is 367 g/mol. The molecule has 0 unspecified atom stereocenters. The molecule has 0 heterocycles. The number of amides is 1. The van der Waals surface area contributed by atoms with Crippen LogP contribution in [0, 0.1) is 11.3 Å². The van der Waals surface area contributed by atoms with Gasteiger partial charge in [-0.3, -0.25) is 4.79 Å². The Balaban J connectivity index is 2.37. The summed E-state index contributed by atoms with van der Waals surface area (Å²) in [5, 5.41) is 0. The zero-order valence-corrected chi connectivity index (χ0v) is 15.2. The zero-order valence-electron chi connectivity index (χ0n) is 14.4. The fourth-order valence-corrected chi connectivity index (χ4v) is 4.14. The molecule has 1 N–H and O–H groups in total. The minimum atomic E-state index is -4.22. The second-order valence-electron chi connectivity index (χ2n) is 5.85. The lowest BCUT2D eigenvalue weighted by molar-refractivity contribution is -0.124. The van der Waals surface area contributed by atoms with Gasteiger partial charge in [0, 0.05) is 0 Å². The highest BCUT2D eigenvalue weighted by molar-refractivity contribution is 7.90. The summed E-state index contributed by atoms with van der Waals surface area (Å²) in [4.78, 5) is 23.9. The van der Waals surface area contributed by atoms with Gasteiger partial charge in [0.2, 0.25) is 5.91 Å². The molecule has 0 saturated heterocycles. The fraction of sp³-hybridized carbons (Fsp3) is 0.412. The molecule has 0 aromatic heterocycles. The van der Waals surface area contributed by atoms with Gasteiger partial charge in [-0.05, 0) is 37.0 Å². The van der Waals surface area contributed by atoms with Crippen molar-refractivity contribution in [3.8, 4) is 5.75 Å². The molecule has 8 heteroatoms. The molecule has 1 aromatic rings.